The van der Waals surface area contributed by atoms with Crippen LogP contribution in [0.1, 0.15) is 18.0 Å². The number of halogens is 2. The molecule has 0 heterocycles. The first-order valence-electron chi connectivity index (χ1n) is 6.75. The van der Waals surface area contributed by atoms with E-state index in [4.69, 9.17) is 40.5 Å². The molecule has 0 aliphatic rings. The van der Waals surface area contributed by atoms with Crippen molar-refractivity contribution < 1.29 is 9.90 Å². The highest BCUT2D eigenvalue weighted by molar-refractivity contribution is 7.80. The number of rotatable bonds is 5. The van der Waals surface area contributed by atoms with Gasteiger partial charge in [-0.25, -0.2) is 0 Å². The molecule has 1 unspecified atom stereocenters. The Labute approximate surface area is 149 Å². The van der Waals surface area contributed by atoms with E-state index in [2.05, 4.69) is 10.6 Å². The second-order valence-electron chi connectivity index (χ2n) is 4.78. The number of hydrogen-bond acceptors (Lipinski definition) is 2. The third-order valence-corrected chi connectivity index (χ3v) is 3.84. The normalized spacial score (nSPS) is 11.6. The highest BCUT2D eigenvalue weighted by Crippen LogP contribution is 2.28. The number of thiocarbonyl (C=S) groups is 1. The number of carbonyl (C=O) groups is 1. The van der Waals surface area contributed by atoms with Gasteiger partial charge in [-0.05, 0) is 42.0 Å². The Hall–Kier alpha value is -1.82. The van der Waals surface area contributed by atoms with E-state index in [1.807, 2.05) is 30.3 Å². The van der Waals surface area contributed by atoms with Gasteiger partial charge in [0, 0.05) is 15.7 Å². The fraction of sp³-hybridized carbons (Fsp3) is 0.125. The maximum Gasteiger partial charge on any atom is 0.305 e. The molecule has 1 atom stereocenters. The van der Waals surface area contributed by atoms with Crippen LogP contribution < -0.4 is 10.6 Å². The van der Waals surface area contributed by atoms with Crippen molar-refractivity contribution in [2.75, 3.05) is 5.32 Å². The van der Waals surface area contributed by atoms with Crippen LogP contribution in [0.2, 0.25) is 10.0 Å². The standard InChI is InChI=1S/C16H14Cl2N2O2S/c17-10-6-7-12(13(18)8-10)14(9-15(21)22)20-16(23)19-11-4-2-1-3-5-11/h1-8,14H,9H2,(H,21,22)(H2,19,20,23). The van der Waals surface area contributed by atoms with Crippen molar-refractivity contribution in [3.63, 3.8) is 0 Å². The molecule has 0 saturated carbocycles. The quantitative estimate of drug-likeness (QED) is 0.678. The molecule has 0 fully saturated rings. The Bertz CT molecular complexity index is 710. The van der Waals surface area contributed by atoms with Crippen molar-refractivity contribution in [2.45, 2.75) is 12.5 Å². The van der Waals surface area contributed by atoms with Gasteiger partial charge in [0.05, 0.1) is 12.5 Å². The smallest absolute Gasteiger partial charge is 0.305 e. The predicted octanol–water partition coefficient (Wildman–Crippen LogP) is 4.50. The van der Waals surface area contributed by atoms with Gasteiger partial charge in [-0.15, -0.1) is 0 Å². The minimum Gasteiger partial charge on any atom is -0.481 e. The lowest BCUT2D eigenvalue weighted by atomic mass is 10.0. The molecule has 120 valence electrons. The van der Waals surface area contributed by atoms with E-state index in [1.54, 1.807) is 18.2 Å². The first-order chi connectivity index (χ1) is 11.0. The highest BCUT2D eigenvalue weighted by atomic mass is 35.5. The van der Waals surface area contributed by atoms with Gasteiger partial charge in [0.15, 0.2) is 5.11 Å². The van der Waals surface area contributed by atoms with Gasteiger partial charge in [0.1, 0.15) is 0 Å². The molecule has 0 aliphatic carbocycles. The molecule has 0 spiro atoms. The third kappa shape index (κ3) is 5.39. The van der Waals surface area contributed by atoms with Gasteiger partial charge in [-0.1, -0.05) is 47.5 Å². The van der Waals surface area contributed by atoms with Gasteiger partial charge in [-0.2, -0.15) is 0 Å². The van der Waals surface area contributed by atoms with Gasteiger partial charge in [0.2, 0.25) is 0 Å². The van der Waals surface area contributed by atoms with Crippen LogP contribution >= 0.6 is 35.4 Å². The number of benzene rings is 2. The zero-order valence-corrected chi connectivity index (χ0v) is 14.3. The Morgan fingerprint density at radius 2 is 1.87 bits per heavy atom. The van der Waals surface area contributed by atoms with Crippen LogP contribution in [0.4, 0.5) is 5.69 Å². The Morgan fingerprint density at radius 1 is 1.17 bits per heavy atom. The SMILES string of the molecule is O=C(O)CC(NC(=S)Nc1ccccc1)c1ccc(Cl)cc1Cl. The lowest BCUT2D eigenvalue weighted by Gasteiger charge is -2.21. The molecule has 0 bridgehead atoms. The first-order valence-corrected chi connectivity index (χ1v) is 7.91. The topological polar surface area (TPSA) is 61.4 Å². The molecule has 0 aliphatic heterocycles. The van der Waals surface area contributed by atoms with Gasteiger partial charge in [-0.3, -0.25) is 4.79 Å². The Morgan fingerprint density at radius 3 is 2.48 bits per heavy atom. The van der Waals surface area contributed by atoms with E-state index in [0.29, 0.717) is 20.7 Å². The summed E-state index contributed by atoms with van der Waals surface area (Å²) in [4.78, 5) is 11.1. The minimum atomic E-state index is -0.962. The summed E-state index contributed by atoms with van der Waals surface area (Å²) < 4.78 is 0. The van der Waals surface area contributed by atoms with E-state index in [1.165, 1.54) is 0 Å². The molecule has 2 aromatic carbocycles. The van der Waals surface area contributed by atoms with Crippen molar-refractivity contribution in [2.24, 2.45) is 0 Å². The van der Waals surface area contributed by atoms with E-state index < -0.39 is 12.0 Å². The molecule has 23 heavy (non-hydrogen) atoms. The molecule has 2 rings (SSSR count). The molecule has 0 aromatic heterocycles. The molecule has 3 N–H and O–H groups in total. The van der Waals surface area contributed by atoms with Crippen LogP contribution in [-0.2, 0) is 4.79 Å². The van der Waals surface area contributed by atoms with E-state index in [0.717, 1.165) is 5.69 Å². The average molecular weight is 369 g/mol. The van der Waals surface area contributed by atoms with Crippen LogP contribution in [0.3, 0.4) is 0 Å². The molecular formula is C16H14Cl2N2O2S. The molecular weight excluding hydrogens is 355 g/mol. The molecule has 0 amide bonds. The van der Waals surface area contributed by atoms with Crippen molar-refractivity contribution in [3.8, 4) is 0 Å². The number of anilines is 1. The highest BCUT2D eigenvalue weighted by Gasteiger charge is 2.19. The molecule has 2 aromatic rings. The van der Waals surface area contributed by atoms with Crippen molar-refractivity contribution >= 4 is 52.2 Å². The van der Waals surface area contributed by atoms with Gasteiger partial charge < -0.3 is 15.7 Å². The summed E-state index contributed by atoms with van der Waals surface area (Å²) in [5.41, 5.74) is 1.43. The molecule has 0 radical (unpaired) electrons. The zero-order chi connectivity index (χ0) is 16.8. The summed E-state index contributed by atoms with van der Waals surface area (Å²) >= 11 is 17.3. The lowest BCUT2D eigenvalue weighted by Crippen LogP contribution is -2.33. The summed E-state index contributed by atoms with van der Waals surface area (Å²) in [5.74, 6) is -0.962. The van der Waals surface area contributed by atoms with Crippen LogP contribution in [0.15, 0.2) is 48.5 Å². The number of para-hydroxylation sites is 1. The maximum absolute atomic E-state index is 11.1. The Balaban J connectivity index is 2.15. The summed E-state index contributed by atoms with van der Waals surface area (Å²) in [6, 6.07) is 13.7. The monoisotopic (exact) mass is 368 g/mol. The van der Waals surface area contributed by atoms with Gasteiger partial charge >= 0.3 is 5.97 Å². The molecule has 4 nitrogen and oxygen atoms in total. The first kappa shape index (κ1) is 17.5. The second kappa shape index (κ2) is 8.15. The van der Waals surface area contributed by atoms with E-state index in [9.17, 15) is 4.79 Å². The van der Waals surface area contributed by atoms with Crippen LogP contribution in [0.25, 0.3) is 0 Å². The van der Waals surface area contributed by atoms with E-state index >= 15 is 0 Å². The predicted molar refractivity (Wildman–Crippen MR) is 97.3 cm³/mol. The number of carboxylic acid groups (broad SMARTS) is 1. The average Bonchev–Trinajstić information content (AvgIpc) is 2.47. The summed E-state index contributed by atoms with van der Waals surface area (Å²) in [6.45, 7) is 0. The largest absolute Gasteiger partial charge is 0.481 e. The minimum absolute atomic E-state index is 0.169. The Kier molecular flexibility index (Phi) is 6.21. The van der Waals surface area contributed by atoms with Crippen LogP contribution in [0.5, 0.6) is 0 Å². The van der Waals surface area contributed by atoms with Crippen LogP contribution in [0, 0.1) is 0 Å². The zero-order valence-electron chi connectivity index (χ0n) is 11.9. The van der Waals surface area contributed by atoms with Crippen LogP contribution in [-0.4, -0.2) is 16.2 Å². The summed E-state index contributed by atoms with van der Waals surface area (Å²) in [6.07, 6.45) is -0.169. The molecule has 7 heteroatoms. The number of nitrogens with one attached hydrogen (secondary N) is 2. The van der Waals surface area contributed by atoms with Gasteiger partial charge in [0.25, 0.3) is 0 Å². The second-order valence-corrected chi connectivity index (χ2v) is 6.03. The fourth-order valence-corrected chi connectivity index (χ4v) is 2.84. The summed E-state index contributed by atoms with van der Waals surface area (Å²) in [7, 11) is 0. The van der Waals surface area contributed by atoms with Crippen molar-refractivity contribution in [1.29, 1.82) is 0 Å². The fourth-order valence-electron chi connectivity index (χ4n) is 2.04. The molecule has 0 saturated heterocycles. The van der Waals surface area contributed by atoms with E-state index in [-0.39, 0.29) is 6.42 Å². The number of hydrogen-bond donors (Lipinski definition) is 3. The number of aliphatic carboxylic acids is 1. The third-order valence-electron chi connectivity index (χ3n) is 3.05. The maximum atomic E-state index is 11.1. The number of carboxylic acids is 1. The van der Waals surface area contributed by atoms with Crippen molar-refractivity contribution in [1.82, 2.24) is 5.32 Å². The summed E-state index contributed by atoms with van der Waals surface area (Å²) in [5, 5.41) is 16.3. The lowest BCUT2D eigenvalue weighted by molar-refractivity contribution is -0.137. The van der Waals surface area contributed by atoms with Crippen molar-refractivity contribution in [3.05, 3.63) is 64.1 Å².